The van der Waals surface area contributed by atoms with E-state index in [1.165, 1.54) is 25.7 Å². The summed E-state index contributed by atoms with van der Waals surface area (Å²) < 4.78 is 0. The molecule has 13 heavy (non-hydrogen) atoms. The normalized spacial score (nSPS) is 23.6. The van der Waals surface area contributed by atoms with Crippen LogP contribution in [0.3, 0.4) is 0 Å². The van der Waals surface area contributed by atoms with Gasteiger partial charge in [0.1, 0.15) is 6.17 Å². The Balaban J connectivity index is 2.09. The van der Waals surface area contributed by atoms with Crippen molar-refractivity contribution in [2.24, 2.45) is 0 Å². The molecule has 3 heteroatoms. The average molecular weight is 184 g/mol. The molecule has 0 aromatic carbocycles. The van der Waals surface area contributed by atoms with Crippen LogP contribution >= 0.6 is 0 Å². The quantitative estimate of drug-likeness (QED) is 0.493. The monoisotopic (exact) mass is 184 g/mol. The minimum absolute atomic E-state index is 0.0124. The van der Waals surface area contributed by atoms with E-state index in [4.69, 9.17) is 0 Å². The van der Waals surface area contributed by atoms with Gasteiger partial charge >= 0.3 is 0 Å². The van der Waals surface area contributed by atoms with E-state index in [-0.39, 0.29) is 6.17 Å². The van der Waals surface area contributed by atoms with E-state index in [0.29, 0.717) is 0 Å². The molecule has 1 N–H and O–H groups in total. The van der Waals surface area contributed by atoms with Crippen LogP contribution in [-0.4, -0.2) is 37.0 Å². The molecule has 0 amide bonds. The Bertz CT molecular complexity index is 150. The molecular weight excluding hydrogens is 164 g/mol. The smallest absolute Gasteiger partial charge is 0.151 e. The lowest BCUT2D eigenvalue weighted by Crippen LogP contribution is -2.37. The lowest BCUT2D eigenvalue weighted by molar-refractivity contribution is -0.112. The van der Waals surface area contributed by atoms with E-state index in [2.05, 4.69) is 17.1 Å². The van der Waals surface area contributed by atoms with Crippen LogP contribution in [0.5, 0.6) is 0 Å². The van der Waals surface area contributed by atoms with Crippen LogP contribution in [0.25, 0.3) is 0 Å². The van der Waals surface area contributed by atoms with Gasteiger partial charge in [-0.1, -0.05) is 26.2 Å². The van der Waals surface area contributed by atoms with E-state index in [0.717, 1.165) is 25.9 Å². The number of carbonyl (C=O) groups excluding carboxylic acids is 1. The minimum atomic E-state index is -0.0124. The molecule has 0 bridgehead atoms. The third-order valence-electron chi connectivity index (χ3n) is 2.57. The zero-order chi connectivity index (χ0) is 9.52. The topological polar surface area (TPSA) is 32.3 Å². The molecule has 0 aliphatic carbocycles. The molecule has 3 nitrogen and oxygen atoms in total. The predicted octanol–water partition coefficient (Wildman–Crippen LogP) is 0.997. The van der Waals surface area contributed by atoms with Crippen LogP contribution in [0, 0.1) is 0 Å². The molecule has 1 heterocycles. The van der Waals surface area contributed by atoms with Crippen LogP contribution < -0.4 is 5.32 Å². The zero-order valence-electron chi connectivity index (χ0n) is 8.46. The van der Waals surface area contributed by atoms with E-state index in [1.54, 1.807) is 0 Å². The van der Waals surface area contributed by atoms with Crippen molar-refractivity contribution in [3.63, 3.8) is 0 Å². The Morgan fingerprint density at radius 3 is 3.00 bits per heavy atom. The Morgan fingerprint density at radius 2 is 2.31 bits per heavy atom. The molecule has 1 rings (SSSR count). The number of unbranched alkanes of at least 4 members (excludes halogenated alkanes) is 3. The van der Waals surface area contributed by atoms with Crippen LogP contribution in [0.2, 0.25) is 0 Å². The Hall–Kier alpha value is -0.410. The lowest BCUT2D eigenvalue weighted by Gasteiger charge is -2.18. The van der Waals surface area contributed by atoms with Crippen LogP contribution in [0.1, 0.15) is 32.6 Å². The molecule has 0 aromatic rings. The fourth-order valence-corrected chi connectivity index (χ4v) is 1.75. The van der Waals surface area contributed by atoms with Crippen molar-refractivity contribution in [2.75, 3.05) is 19.6 Å². The van der Waals surface area contributed by atoms with E-state index < -0.39 is 0 Å². The maximum absolute atomic E-state index is 10.6. The summed E-state index contributed by atoms with van der Waals surface area (Å²) in [6.45, 7) is 5.26. The number of nitrogens with zero attached hydrogens (tertiary/aromatic N) is 1. The molecule has 1 saturated heterocycles. The van der Waals surface area contributed by atoms with Gasteiger partial charge in [-0.25, -0.2) is 0 Å². The molecule has 1 aliphatic heterocycles. The lowest BCUT2D eigenvalue weighted by atomic mass is 10.2. The summed E-state index contributed by atoms with van der Waals surface area (Å²) in [6.07, 6.45) is 6.09. The van der Waals surface area contributed by atoms with Gasteiger partial charge < -0.3 is 4.79 Å². The third-order valence-corrected chi connectivity index (χ3v) is 2.57. The van der Waals surface area contributed by atoms with Gasteiger partial charge in [-0.05, 0) is 6.42 Å². The largest absolute Gasteiger partial charge is 0.300 e. The van der Waals surface area contributed by atoms with Crippen molar-refractivity contribution in [3.05, 3.63) is 0 Å². The van der Waals surface area contributed by atoms with Gasteiger partial charge in [-0.2, -0.15) is 0 Å². The minimum Gasteiger partial charge on any atom is -0.300 e. The van der Waals surface area contributed by atoms with Gasteiger partial charge in [0.05, 0.1) is 0 Å². The van der Waals surface area contributed by atoms with Crippen molar-refractivity contribution in [1.29, 1.82) is 0 Å². The van der Waals surface area contributed by atoms with E-state index in [1.807, 2.05) is 0 Å². The first kappa shape index (κ1) is 10.7. The number of aldehydes is 1. The van der Waals surface area contributed by atoms with E-state index in [9.17, 15) is 4.79 Å². The molecule has 1 fully saturated rings. The SMILES string of the molecule is CCCCCCN1CCNC1C=O. The molecule has 1 unspecified atom stereocenters. The fourth-order valence-electron chi connectivity index (χ4n) is 1.75. The molecule has 1 aliphatic rings. The number of carbonyl (C=O) groups is 1. The van der Waals surface area contributed by atoms with Crippen molar-refractivity contribution < 1.29 is 4.79 Å². The Morgan fingerprint density at radius 1 is 1.46 bits per heavy atom. The summed E-state index contributed by atoms with van der Waals surface area (Å²) in [4.78, 5) is 12.8. The Kier molecular flexibility index (Phi) is 5.01. The van der Waals surface area contributed by atoms with Crippen LogP contribution in [-0.2, 0) is 4.79 Å². The average Bonchev–Trinajstić information content (AvgIpc) is 2.60. The maximum Gasteiger partial charge on any atom is 0.151 e. The van der Waals surface area contributed by atoms with Gasteiger partial charge in [0.25, 0.3) is 0 Å². The Labute approximate surface area is 80.5 Å². The van der Waals surface area contributed by atoms with Gasteiger partial charge in [-0.15, -0.1) is 0 Å². The van der Waals surface area contributed by atoms with Gasteiger partial charge in [0.2, 0.25) is 0 Å². The summed E-state index contributed by atoms with van der Waals surface area (Å²) in [6, 6.07) is 0. The summed E-state index contributed by atoms with van der Waals surface area (Å²) in [7, 11) is 0. The van der Waals surface area contributed by atoms with Crippen molar-refractivity contribution in [1.82, 2.24) is 10.2 Å². The molecule has 0 spiro atoms. The molecule has 1 atom stereocenters. The van der Waals surface area contributed by atoms with Gasteiger partial charge in [0, 0.05) is 19.6 Å². The molecule has 76 valence electrons. The number of hydrogen-bond donors (Lipinski definition) is 1. The molecule has 0 radical (unpaired) electrons. The summed E-state index contributed by atoms with van der Waals surface area (Å²) >= 11 is 0. The molecule has 0 aromatic heterocycles. The van der Waals surface area contributed by atoms with Crippen LogP contribution in [0.15, 0.2) is 0 Å². The third kappa shape index (κ3) is 3.44. The molecule has 0 saturated carbocycles. The van der Waals surface area contributed by atoms with Gasteiger partial charge in [0.15, 0.2) is 6.29 Å². The fraction of sp³-hybridized carbons (Fsp3) is 0.900. The highest BCUT2D eigenvalue weighted by atomic mass is 16.1. The van der Waals surface area contributed by atoms with Crippen LogP contribution in [0.4, 0.5) is 0 Å². The highest BCUT2D eigenvalue weighted by Gasteiger charge is 2.21. The standard InChI is InChI=1S/C10H20N2O/c1-2-3-4-5-7-12-8-6-11-10(12)9-13/h9-11H,2-8H2,1H3. The summed E-state index contributed by atoms with van der Waals surface area (Å²) in [5.41, 5.74) is 0. The summed E-state index contributed by atoms with van der Waals surface area (Å²) in [5, 5.41) is 3.16. The highest BCUT2D eigenvalue weighted by molar-refractivity contribution is 5.57. The second-order valence-electron chi connectivity index (χ2n) is 3.63. The summed E-state index contributed by atoms with van der Waals surface area (Å²) in [5.74, 6) is 0. The second-order valence-corrected chi connectivity index (χ2v) is 3.63. The first-order valence-electron chi connectivity index (χ1n) is 5.31. The van der Waals surface area contributed by atoms with Gasteiger partial charge in [-0.3, -0.25) is 10.2 Å². The van der Waals surface area contributed by atoms with Crippen molar-refractivity contribution in [3.8, 4) is 0 Å². The number of nitrogens with one attached hydrogen (secondary N) is 1. The second kappa shape index (κ2) is 6.11. The van der Waals surface area contributed by atoms with Crippen molar-refractivity contribution >= 4 is 6.29 Å². The molecular formula is C10H20N2O. The van der Waals surface area contributed by atoms with Crippen molar-refractivity contribution in [2.45, 2.75) is 38.8 Å². The highest BCUT2D eigenvalue weighted by Crippen LogP contribution is 2.05. The first-order chi connectivity index (χ1) is 6.38. The predicted molar refractivity (Wildman–Crippen MR) is 53.6 cm³/mol. The number of rotatable bonds is 6. The zero-order valence-corrected chi connectivity index (χ0v) is 8.46. The maximum atomic E-state index is 10.6. The van der Waals surface area contributed by atoms with E-state index >= 15 is 0 Å². The number of hydrogen-bond acceptors (Lipinski definition) is 3. The first-order valence-corrected chi connectivity index (χ1v) is 5.31.